The van der Waals surface area contributed by atoms with Gasteiger partial charge in [0.2, 0.25) is 0 Å². The maximum absolute atomic E-state index is 6.23. The van der Waals surface area contributed by atoms with Gasteiger partial charge in [0.15, 0.2) is 0 Å². The van der Waals surface area contributed by atoms with Gasteiger partial charge in [-0.3, -0.25) is 4.98 Å². The van der Waals surface area contributed by atoms with E-state index in [4.69, 9.17) is 28.9 Å². The Kier molecular flexibility index (Phi) is 4.46. The fourth-order valence-corrected chi connectivity index (χ4v) is 2.71. The largest absolute Gasteiger partial charge is 0.322 e. The fourth-order valence-electron chi connectivity index (χ4n) is 2.19. The van der Waals surface area contributed by atoms with E-state index in [-0.39, 0.29) is 6.04 Å². The van der Waals surface area contributed by atoms with Crippen LogP contribution in [0, 0.1) is 13.8 Å². The van der Waals surface area contributed by atoms with Crippen molar-refractivity contribution in [2.24, 2.45) is 5.73 Å². The molecule has 1 aromatic heterocycles. The second-order valence-electron chi connectivity index (χ2n) is 4.70. The van der Waals surface area contributed by atoms with Gasteiger partial charge in [0.1, 0.15) is 0 Å². The molecule has 2 nitrogen and oxygen atoms in total. The number of nitrogens with zero attached hydrogens (tertiary/aromatic N) is 1. The van der Waals surface area contributed by atoms with E-state index < -0.39 is 0 Å². The molecule has 0 spiro atoms. The number of hydrogen-bond acceptors (Lipinski definition) is 2. The van der Waals surface area contributed by atoms with Crippen LogP contribution in [0.4, 0.5) is 0 Å². The summed E-state index contributed by atoms with van der Waals surface area (Å²) in [5.41, 5.74) is 10.6. The molecule has 1 unspecified atom stereocenters. The van der Waals surface area contributed by atoms with Crippen LogP contribution in [0.5, 0.6) is 0 Å². The van der Waals surface area contributed by atoms with Crippen molar-refractivity contribution in [1.82, 2.24) is 4.98 Å². The molecule has 0 bridgehead atoms. The summed E-state index contributed by atoms with van der Waals surface area (Å²) in [6.45, 7) is 4.18. The number of pyridine rings is 1. The topological polar surface area (TPSA) is 38.9 Å². The Morgan fingerprint density at radius 2 is 1.84 bits per heavy atom. The van der Waals surface area contributed by atoms with Crippen LogP contribution in [0.25, 0.3) is 0 Å². The number of rotatable bonds is 3. The van der Waals surface area contributed by atoms with Crippen LogP contribution in [0.15, 0.2) is 30.5 Å². The van der Waals surface area contributed by atoms with Crippen LogP contribution in [0.2, 0.25) is 10.0 Å². The van der Waals surface area contributed by atoms with E-state index in [0.717, 1.165) is 0 Å². The summed E-state index contributed by atoms with van der Waals surface area (Å²) < 4.78 is 0. The maximum Gasteiger partial charge on any atom is 0.0761 e. The molecule has 100 valence electrons. The monoisotopic (exact) mass is 294 g/mol. The highest BCUT2D eigenvalue weighted by molar-refractivity contribution is 6.34. The lowest BCUT2D eigenvalue weighted by Gasteiger charge is -2.16. The molecule has 4 heteroatoms. The number of benzene rings is 1. The Labute approximate surface area is 123 Å². The normalized spacial score (nSPS) is 12.5. The van der Waals surface area contributed by atoms with Gasteiger partial charge in [-0.1, -0.05) is 41.4 Å². The zero-order valence-electron chi connectivity index (χ0n) is 11.0. The van der Waals surface area contributed by atoms with Gasteiger partial charge in [-0.2, -0.15) is 0 Å². The summed E-state index contributed by atoms with van der Waals surface area (Å²) in [6.07, 6.45) is 2.29. The molecule has 1 atom stereocenters. The summed E-state index contributed by atoms with van der Waals surface area (Å²) in [6, 6.07) is 7.67. The molecule has 0 radical (unpaired) electrons. The second kappa shape index (κ2) is 5.91. The predicted molar refractivity (Wildman–Crippen MR) is 80.8 cm³/mol. The third kappa shape index (κ3) is 3.27. The first-order valence-electron chi connectivity index (χ1n) is 6.10. The van der Waals surface area contributed by atoms with Gasteiger partial charge in [0.25, 0.3) is 0 Å². The van der Waals surface area contributed by atoms with Gasteiger partial charge in [-0.15, -0.1) is 0 Å². The first-order chi connectivity index (χ1) is 8.99. The van der Waals surface area contributed by atoms with E-state index in [2.05, 4.69) is 31.0 Å². The number of halogens is 2. The molecule has 0 saturated carbocycles. The van der Waals surface area contributed by atoms with Crippen molar-refractivity contribution in [3.63, 3.8) is 0 Å². The molecule has 0 aliphatic carbocycles. The third-order valence-electron chi connectivity index (χ3n) is 3.26. The highest BCUT2D eigenvalue weighted by Crippen LogP contribution is 2.26. The van der Waals surface area contributed by atoms with Crippen LogP contribution in [0.3, 0.4) is 0 Å². The standard InChI is InChI=1S/C15H16Cl2N2/c1-9-4-3-5-10(2)12(9)7-14(18)15-13(17)6-11(16)8-19-15/h3-6,8,14H,7,18H2,1-2H3. The zero-order chi connectivity index (χ0) is 14.0. The Hall–Kier alpha value is -1.09. The van der Waals surface area contributed by atoms with Crippen LogP contribution in [0.1, 0.15) is 28.4 Å². The van der Waals surface area contributed by atoms with Gasteiger partial charge in [-0.05, 0) is 43.0 Å². The summed E-state index contributed by atoms with van der Waals surface area (Å²) in [5.74, 6) is 0. The van der Waals surface area contributed by atoms with E-state index in [0.29, 0.717) is 22.2 Å². The fraction of sp³-hybridized carbons (Fsp3) is 0.267. The highest BCUT2D eigenvalue weighted by atomic mass is 35.5. The molecular formula is C15H16Cl2N2. The predicted octanol–water partition coefficient (Wildman–Crippen LogP) is 4.25. The molecule has 19 heavy (non-hydrogen) atoms. The minimum absolute atomic E-state index is 0.232. The van der Waals surface area contributed by atoms with Crippen molar-refractivity contribution >= 4 is 23.2 Å². The Morgan fingerprint density at radius 1 is 1.21 bits per heavy atom. The second-order valence-corrected chi connectivity index (χ2v) is 5.55. The zero-order valence-corrected chi connectivity index (χ0v) is 12.5. The van der Waals surface area contributed by atoms with Gasteiger partial charge < -0.3 is 5.73 Å². The molecule has 2 rings (SSSR count). The average Bonchev–Trinajstić information content (AvgIpc) is 2.33. The van der Waals surface area contributed by atoms with E-state index >= 15 is 0 Å². The van der Waals surface area contributed by atoms with Crippen LogP contribution >= 0.6 is 23.2 Å². The van der Waals surface area contributed by atoms with E-state index in [9.17, 15) is 0 Å². The maximum atomic E-state index is 6.23. The molecule has 2 aromatic rings. The van der Waals surface area contributed by atoms with E-state index in [1.54, 1.807) is 12.3 Å². The van der Waals surface area contributed by atoms with Gasteiger partial charge in [0, 0.05) is 6.20 Å². The number of aryl methyl sites for hydroxylation is 2. The summed E-state index contributed by atoms with van der Waals surface area (Å²) in [7, 11) is 0. The van der Waals surface area contributed by atoms with Gasteiger partial charge in [0.05, 0.1) is 21.8 Å². The molecule has 0 saturated heterocycles. The third-order valence-corrected chi connectivity index (χ3v) is 3.77. The Balaban J connectivity index is 2.28. The minimum Gasteiger partial charge on any atom is -0.322 e. The number of aromatic nitrogens is 1. The molecule has 0 amide bonds. The summed E-state index contributed by atoms with van der Waals surface area (Å²) in [5, 5.41) is 1.04. The SMILES string of the molecule is Cc1cccc(C)c1CC(N)c1ncc(Cl)cc1Cl. The summed E-state index contributed by atoms with van der Waals surface area (Å²) in [4.78, 5) is 4.24. The quantitative estimate of drug-likeness (QED) is 0.919. The average molecular weight is 295 g/mol. The molecule has 0 aliphatic heterocycles. The molecule has 1 heterocycles. The minimum atomic E-state index is -0.232. The highest BCUT2D eigenvalue weighted by Gasteiger charge is 2.15. The van der Waals surface area contributed by atoms with Crippen molar-refractivity contribution < 1.29 is 0 Å². The van der Waals surface area contributed by atoms with Gasteiger partial charge in [-0.25, -0.2) is 0 Å². The molecular weight excluding hydrogens is 279 g/mol. The molecule has 1 aromatic carbocycles. The number of hydrogen-bond donors (Lipinski definition) is 1. The first kappa shape index (κ1) is 14.3. The van der Waals surface area contributed by atoms with Crippen LogP contribution in [-0.2, 0) is 6.42 Å². The van der Waals surface area contributed by atoms with Crippen molar-refractivity contribution in [2.75, 3.05) is 0 Å². The Morgan fingerprint density at radius 3 is 2.42 bits per heavy atom. The van der Waals surface area contributed by atoms with Crippen LogP contribution in [-0.4, -0.2) is 4.98 Å². The molecule has 2 N–H and O–H groups in total. The first-order valence-corrected chi connectivity index (χ1v) is 6.86. The van der Waals surface area contributed by atoms with Crippen LogP contribution < -0.4 is 5.73 Å². The lowest BCUT2D eigenvalue weighted by molar-refractivity contribution is 0.691. The summed E-state index contributed by atoms with van der Waals surface area (Å²) >= 11 is 12.0. The number of nitrogens with two attached hydrogens (primary N) is 1. The Bertz CT molecular complexity index is 576. The molecule has 0 fully saturated rings. The van der Waals surface area contributed by atoms with E-state index in [1.807, 2.05) is 6.07 Å². The smallest absolute Gasteiger partial charge is 0.0761 e. The molecule has 0 aliphatic rings. The van der Waals surface area contributed by atoms with E-state index in [1.165, 1.54) is 16.7 Å². The van der Waals surface area contributed by atoms with Crippen molar-refractivity contribution in [3.8, 4) is 0 Å². The van der Waals surface area contributed by atoms with Crippen molar-refractivity contribution in [3.05, 3.63) is 62.9 Å². The van der Waals surface area contributed by atoms with Crippen molar-refractivity contribution in [2.45, 2.75) is 26.3 Å². The lowest BCUT2D eigenvalue weighted by Crippen LogP contribution is -2.16. The van der Waals surface area contributed by atoms with Crippen molar-refractivity contribution in [1.29, 1.82) is 0 Å². The van der Waals surface area contributed by atoms with Gasteiger partial charge >= 0.3 is 0 Å². The lowest BCUT2D eigenvalue weighted by atomic mass is 9.95.